The number of nitrogens with one attached hydrogen (secondary N) is 2. The third-order valence-corrected chi connectivity index (χ3v) is 4.48. The first-order valence-electron chi connectivity index (χ1n) is 7.12. The van der Waals surface area contributed by atoms with Gasteiger partial charge in [0.05, 0.1) is 20.8 Å². The maximum atomic E-state index is 12.6. The van der Waals surface area contributed by atoms with E-state index in [2.05, 4.69) is 36.9 Å². The fourth-order valence-electron chi connectivity index (χ4n) is 2.00. The van der Waals surface area contributed by atoms with Crippen molar-refractivity contribution in [3.05, 3.63) is 44.4 Å². The quantitative estimate of drug-likeness (QED) is 0.698. The number of aromatic nitrogens is 3. The standard InChI is InChI=1S/C14H12BrClF3N5O2/c1-3-24-11(9(15)6(2)23-24)13(26)22-21-12(25)10-8(16)4-7(5-20-10)14(17,18)19/h4-5H,3H2,1-2H3,(H,21,25)(H,22,26). The molecule has 0 aliphatic heterocycles. The van der Waals surface area contributed by atoms with Crippen LogP contribution in [0.25, 0.3) is 0 Å². The predicted octanol–water partition coefficient (Wildman–Crippen LogP) is 3.12. The number of rotatable bonds is 3. The lowest BCUT2D eigenvalue weighted by atomic mass is 10.2. The molecule has 2 aromatic heterocycles. The van der Waals surface area contributed by atoms with E-state index in [9.17, 15) is 22.8 Å². The van der Waals surface area contributed by atoms with Gasteiger partial charge in [-0.05, 0) is 35.8 Å². The number of hydrogen-bond donors (Lipinski definition) is 2. The molecule has 0 aromatic carbocycles. The Labute approximate surface area is 159 Å². The molecule has 2 heterocycles. The third-order valence-electron chi connectivity index (χ3n) is 3.24. The summed E-state index contributed by atoms with van der Waals surface area (Å²) in [7, 11) is 0. The van der Waals surface area contributed by atoms with Gasteiger partial charge in [-0.1, -0.05) is 11.6 Å². The lowest BCUT2D eigenvalue weighted by Gasteiger charge is -2.11. The zero-order valence-corrected chi connectivity index (χ0v) is 15.8. The Morgan fingerprint density at radius 3 is 2.46 bits per heavy atom. The van der Waals surface area contributed by atoms with Crippen LogP contribution < -0.4 is 10.9 Å². The summed E-state index contributed by atoms with van der Waals surface area (Å²) in [5, 5.41) is 3.64. The van der Waals surface area contributed by atoms with Crippen LogP contribution in [0.15, 0.2) is 16.7 Å². The van der Waals surface area contributed by atoms with Crippen LogP contribution in [-0.2, 0) is 12.7 Å². The lowest BCUT2D eigenvalue weighted by molar-refractivity contribution is -0.137. The molecule has 0 unspecified atom stereocenters. The van der Waals surface area contributed by atoms with Crippen LogP contribution in [-0.4, -0.2) is 26.6 Å². The molecule has 0 bridgehead atoms. The summed E-state index contributed by atoms with van der Waals surface area (Å²) in [5.41, 5.74) is 3.41. The number of pyridine rings is 1. The fourth-order valence-corrected chi connectivity index (χ4v) is 2.71. The maximum Gasteiger partial charge on any atom is 0.417 e. The molecular weight excluding hydrogens is 443 g/mol. The SMILES string of the molecule is CCn1nc(C)c(Br)c1C(=O)NNC(=O)c1ncc(C(F)(F)F)cc1Cl. The minimum Gasteiger partial charge on any atom is -0.266 e. The first-order valence-corrected chi connectivity index (χ1v) is 8.29. The van der Waals surface area contributed by atoms with Crippen molar-refractivity contribution in [2.45, 2.75) is 26.6 Å². The molecule has 12 heteroatoms. The van der Waals surface area contributed by atoms with Gasteiger partial charge in [0.15, 0.2) is 0 Å². The Morgan fingerprint density at radius 1 is 1.31 bits per heavy atom. The Balaban J connectivity index is 2.13. The molecule has 0 saturated carbocycles. The van der Waals surface area contributed by atoms with Crippen molar-refractivity contribution in [2.75, 3.05) is 0 Å². The Bertz CT molecular complexity index is 869. The minimum absolute atomic E-state index is 0.178. The molecule has 0 aliphatic carbocycles. The van der Waals surface area contributed by atoms with E-state index in [1.165, 1.54) is 4.68 Å². The summed E-state index contributed by atoms with van der Waals surface area (Å²) in [5.74, 6) is -1.64. The Morgan fingerprint density at radius 2 is 1.92 bits per heavy atom. The molecular formula is C14H12BrClF3N5O2. The van der Waals surface area contributed by atoms with Crippen LogP contribution in [0.3, 0.4) is 0 Å². The summed E-state index contributed by atoms with van der Waals surface area (Å²) >= 11 is 8.92. The molecule has 2 amide bonds. The number of carbonyl (C=O) groups is 2. The second-order valence-electron chi connectivity index (χ2n) is 5.02. The van der Waals surface area contributed by atoms with Gasteiger partial charge in [0, 0.05) is 12.7 Å². The number of nitrogens with zero attached hydrogens (tertiary/aromatic N) is 3. The van der Waals surface area contributed by atoms with Gasteiger partial charge in [0.1, 0.15) is 11.4 Å². The molecule has 0 saturated heterocycles. The highest BCUT2D eigenvalue weighted by Crippen LogP contribution is 2.31. The third kappa shape index (κ3) is 4.15. The molecule has 0 fully saturated rings. The first kappa shape index (κ1) is 20.2. The second-order valence-corrected chi connectivity index (χ2v) is 6.22. The van der Waals surface area contributed by atoms with E-state index >= 15 is 0 Å². The number of hydrogen-bond acceptors (Lipinski definition) is 4. The molecule has 140 valence electrons. The fraction of sp³-hybridized carbons (Fsp3) is 0.286. The monoisotopic (exact) mass is 453 g/mol. The number of hydrazine groups is 1. The van der Waals surface area contributed by atoms with E-state index < -0.39 is 34.3 Å². The molecule has 2 N–H and O–H groups in total. The van der Waals surface area contributed by atoms with E-state index in [1.807, 2.05) is 0 Å². The van der Waals surface area contributed by atoms with Gasteiger partial charge in [-0.3, -0.25) is 25.1 Å². The molecule has 0 aliphatic rings. The minimum atomic E-state index is -4.64. The average Bonchev–Trinajstić information content (AvgIpc) is 2.86. The number of halogens is 5. The molecule has 26 heavy (non-hydrogen) atoms. The van der Waals surface area contributed by atoms with E-state index in [-0.39, 0.29) is 5.69 Å². The summed E-state index contributed by atoms with van der Waals surface area (Å²) in [6, 6.07) is 0.581. The Hall–Kier alpha value is -2.14. The predicted molar refractivity (Wildman–Crippen MR) is 89.5 cm³/mol. The highest BCUT2D eigenvalue weighted by molar-refractivity contribution is 9.10. The van der Waals surface area contributed by atoms with Crippen LogP contribution in [0.2, 0.25) is 5.02 Å². The zero-order valence-electron chi connectivity index (χ0n) is 13.4. The van der Waals surface area contributed by atoms with Gasteiger partial charge in [0.25, 0.3) is 11.8 Å². The van der Waals surface area contributed by atoms with Gasteiger partial charge in [-0.25, -0.2) is 4.98 Å². The van der Waals surface area contributed by atoms with E-state index in [4.69, 9.17) is 11.6 Å². The van der Waals surface area contributed by atoms with Gasteiger partial charge < -0.3 is 0 Å². The molecule has 7 nitrogen and oxygen atoms in total. The van der Waals surface area contributed by atoms with Gasteiger partial charge in [-0.2, -0.15) is 18.3 Å². The summed E-state index contributed by atoms with van der Waals surface area (Å²) in [6.45, 7) is 3.88. The van der Waals surface area contributed by atoms with Crippen LogP contribution in [0.5, 0.6) is 0 Å². The normalized spacial score (nSPS) is 11.3. The van der Waals surface area contributed by atoms with Crippen molar-refractivity contribution in [3.8, 4) is 0 Å². The second kappa shape index (κ2) is 7.62. The smallest absolute Gasteiger partial charge is 0.266 e. The molecule has 0 spiro atoms. The lowest BCUT2D eigenvalue weighted by Crippen LogP contribution is -2.43. The van der Waals surface area contributed by atoms with Crippen molar-refractivity contribution in [3.63, 3.8) is 0 Å². The van der Waals surface area contributed by atoms with Crippen molar-refractivity contribution in [1.82, 2.24) is 25.6 Å². The van der Waals surface area contributed by atoms with Crippen molar-refractivity contribution in [2.24, 2.45) is 0 Å². The van der Waals surface area contributed by atoms with Gasteiger partial charge in [-0.15, -0.1) is 0 Å². The number of aryl methyl sites for hydroxylation is 2. The van der Waals surface area contributed by atoms with Crippen molar-refractivity contribution < 1.29 is 22.8 Å². The zero-order chi connectivity index (χ0) is 19.6. The molecule has 0 atom stereocenters. The number of alkyl halides is 3. The van der Waals surface area contributed by atoms with Gasteiger partial charge in [0.2, 0.25) is 0 Å². The summed E-state index contributed by atoms with van der Waals surface area (Å²) in [6.07, 6.45) is -4.16. The van der Waals surface area contributed by atoms with E-state index in [0.717, 1.165) is 0 Å². The molecule has 2 rings (SSSR count). The van der Waals surface area contributed by atoms with Crippen molar-refractivity contribution >= 4 is 39.3 Å². The highest BCUT2D eigenvalue weighted by atomic mass is 79.9. The number of carbonyl (C=O) groups excluding carboxylic acids is 2. The van der Waals surface area contributed by atoms with E-state index in [1.54, 1.807) is 13.8 Å². The number of amides is 2. The summed E-state index contributed by atoms with van der Waals surface area (Å²) < 4.78 is 39.6. The molecule has 0 radical (unpaired) electrons. The van der Waals surface area contributed by atoms with Gasteiger partial charge >= 0.3 is 6.18 Å². The topological polar surface area (TPSA) is 88.9 Å². The van der Waals surface area contributed by atoms with Crippen LogP contribution >= 0.6 is 27.5 Å². The maximum absolute atomic E-state index is 12.6. The van der Waals surface area contributed by atoms with Crippen LogP contribution in [0.1, 0.15) is 39.2 Å². The van der Waals surface area contributed by atoms with Crippen LogP contribution in [0.4, 0.5) is 13.2 Å². The summed E-state index contributed by atoms with van der Waals surface area (Å²) in [4.78, 5) is 27.7. The highest BCUT2D eigenvalue weighted by Gasteiger charge is 2.32. The molecule has 2 aromatic rings. The van der Waals surface area contributed by atoms with E-state index in [0.29, 0.717) is 29.0 Å². The van der Waals surface area contributed by atoms with Crippen LogP contribution in [0, 0.1) is 6.92 Å². The first-order chi connectivity index (χ1) is 12.1. The largest absolute Gasteiger partial charge is 0.417 e. The van der Waals surface area contributed by atoms with Crippen molar-refractivity contribution in [1.29, 1.82) is 0 Å². The average molecular weight is 455 g/mol. The Kier molecular flexibility index (Phi) is 5.91.